The molecule has 1 heterocycles. The first-order valence-electron chi connectivity index (χ1n) is 14.1. The number of rotatable bonds is 13. The Morgan fingerprint density at radius 1 is 0.800 bits per heavy atom. The minimum absolute atomic E-state index is 0.0425. The van der Waals surface area contributed by atoms with E-state index in [9.17, 15) is 19.7 Å². The summed E-state index contributed by atoms with van der Waals surface area (Å²) in [5, 5.41) is 22.2. The zero-order valence-corrected chi connectivity index (χ0v) is 24.2. The molecule has 0 saturated carbocycles. The molecule has 1 aromatic heterocycles. The molecule has 0 unspecified atom stereocenters. The van der Waals surface area contributed by atoms with Crippen LogP contribution in [0.3, 0.4) is 0 Å². The maximum Gasteiger partial charge on any atom is 0.334 e. The number of aromatic nitrogens is 1. The lowest BCUT2D eigenvalue weighted by molar-refractivity contribution is -0.383. The zero-order valence-electron chi connectivity index (χ0n) is 24.2. The van der Waals surface area contributed by atoms with Gasteiger partial charge in [0.2, 0.25) is 0 Å². The molecular formula is C30H38N4O6. The first-order chi connectivity index (χ1) is 19.2. The van der Waals surface area contributed by atoms with Crippen LogP contribution in [0.4, 0.5) is 5.69 Å². The third kappa shape index (κ3) is 6.38. The maximum atomic E-state index is 12.4. The normalized spacial score (nSPS) is 12.2. The Labute approximate surface area is 234 Å². The summed E-state index contributed by atoms with van der Waals surface area (Å²) in [5.74, 6) is -0.893. The molecule has 3 aromatic rings. The fourth-order valence-electron chi connectivity index (χ4n) is 4.80. The van der Waals surface area contributed by atoms with Crippen molar-refractivity contribution in [1.82, 2.24) is 4.57 Å². The molecule has 3 rings (SSSR count). The molecule has 0 fully saturated rings. The first-order valence-corrected chi connectivity index (χ1v) is 14.1. The van der Waals surface area contributed by atoms with Gasteiger partial charge in [0.15, 0.2) is 0 Å². The predicted molar refractivity (Wildman–Crippen MR) is 157 cm³/mol. The van der Waals surface area contributed by atoms with E-state index in [1.54, 1.807) is 13.8 Å². The molecule has 0 aliphatic rings. The predicted octanol–water partition coefficient (Wildman–Crippen LogP) is 7.20. The Kier molecular flexibility index (Phi) is 10.5. The number of nitro benzene ring substituents is 1. The summed E-state index contributed by atoms with van der Waals surface area (Å²) in [7, 11) is 0. The number of carbonyl (C=O) groups excluding carboxylic acids is 2. The molecule has 0 saturated heterocycles. The van der Waals surface area contributed by atoms with Gasteiger partial charge < -0.3 is 14.2 Å². The molecule has 40 heavy (non-hydrogen) atoms. The van der Waals surface area contributed by atoms with Crippen LogP contribution < -0.4 is 0 Å². The number of hydrogen-bond donors (Lipinski definition) is 0. The van der Waals surface area contributed by atoms with Crippen LogP contribution in [0, 0.1) is 10.1 Å². The standard InChI is InChI=1S/C30H38N4O6/c1-7-13-24(31-39-27(35)10-4)20-15-19(9-3)29-22(16-20)23-17-21(25(14-8-2)32-40-28(36)11-5)18-26(34(37)38)30(23)33(29)12-6/h15-18H,7-14H2,1-6H3/b31-24+,32-25+. The highest BCUT2D eigenvalue weighted by Gasteiger charge is 2.25. The van der Waals surface area contributed by atoms with E-state index in [1.807, 2.05) is 50.5 Å². The minimum atomic E-state index is -0.476. The van der Waals surface area contributed by atoms with Crippen LogP contribution in [0.25, 0.3) is 21.8 Å². The van der Waals surface area contributed by atoms with Crippen molar-refractivity contribution in [3.05, 3.63) is 51.1 Å². The molecule has 10 heteroatoms. The average molecular weight is 551 g/mol. The highest BCUT2D eigenvalue weighted by atomic mass is 16.7. The summed E-state index contributed by atoms with van der Waals surface area (Å²) in [6.07, 6.45) is 3.65. The fourth-order valence-corrected chi connectivity index (χ4v) is 4.80. The largest absolute Gasteiger partial charge is 0.335 e. The molecule has 0 N–H and O–H groups in total. The Bertz CT molecular complexity index is 1480. The van der Waals surface area contributed by atoms with Crippen LogP contribution in [0.15, 0.2) is 34.6 Å². The summed E-state index contributed by atoms with van der Waals surface area (Å²) < 4.78 is 1.98. The number of non-ortho nitro benzene ring substituents is 1. The van der Waals surface area contributed by atoms with Crippen LogP contribution in [-0.4, -0.2) is 32.9 Å². The minimum Gasteiger partial charge on any atom is -0.335 e. The molecule has 10 nitrogen and oxygen atoms in total. The van der Waals surface area contributed by atoms with Crippen LogP contribution in [-0.2, 0) is 32.2 Å². The van der Waals surface area contributed by atoms with Gasteiger partial charge in [0.25, 0.3) is 5.69 Å². The van der Waals surface area contributed by atoms with Gasteiger partial charge in [0.1, 0.15) is 5.52 Å². The fraction of sp³-hybridized carbons (Fsp3) is 0.467. The number of fused-ring (bicyclic) bond motifs is 3. The van der Waals surface area contributed by atoms with E-state index in [2.05, 4.69) is 10.3 Å². The number of aryl methyl sites for hydroxylation is 2. The van der Waals surface area contributed by atoms with Crippen LogP contribution in [0.1, 0.15) is 96.8 Å². The molecule has 0 bridgehead atoms. The highest BCUT2D eigenvalue weighted by Crippen LogP contribution is 2.39. The summed E-state index contributed by atoms with van der Waals surface area (Å²) in [4.78, 5) is 45.9. The molecule has 0 aliphatic heterocycles. The number of nitro groups is 1. The van der Waals surface area contributed by atoms with Crippen molar-refractivity contribution in [2.24, 2.45) is 10.3 Å². The van der Waals surface area contributed by atoms with Gasteiger partial charge in [-0.1, -0.05) is 57.8 Å². The van der Waals surface area contributed by atoms with E-state index < -0.39 is 11.9 Å². The summed E-state index contributed by atoms with van der Waals surface area (Å²) in [6.45, 7) is 11.9. The molecule has 0 spiro atoms. The third-order valence-corrected chi connectivity index (χ3v) is 6.74. The summed E-state index contributed by atoms with van der Waals surface area (Å²) in [6, 6.07) is 7.41. The number of oxime groups is 2. The van der Waals surface area contributed by atoms with E-state index in [0.717, 1.165) is 28.5 Å². The van der Waals surface area contributed by atoms with Crippen molar-refractivity contribution >= 4 is 50.9 Å². The molecule has 0 radical (unpaired) electrons. The van der Waals surface area contributed by atoms with Crippen LogP contribution in [0.2, 0.25) is 0 Å². The van der Waals surface area contributed by atoms with Gasteiger partial charge in [-0.05, 0) is 49.9 Å². The van der Waals surface area contributed by atoms with Crippen molar-refractivity contribution < 1.29 is 24.2 Å². The van der Waals surface area contributed by atoms with E-state index in [-0.39, 0.29) is 23.5 Å². The quantitative estimate of drug-likeness (QED) is 0.0959. The zero-order chi connectivity index (χ0) is 29.4. The lowest BCUT2D eigenvalue weighted by atomic mass is 9.97. The van der Waals surface area contributed by atoms with Crippen molar-refractivity contribution in [2.45, 2.75) is 93.0 Å². The molecule has 0 amide bonds. The van der Waals surface area contributed by atoms with Crippen molar-refractivity contribution in [1.29, 1.82) is 0 Å². The molecular weight excluding hydrogens is 512 g/mol. The summed E-state index contributed by atoms with van der Waals surface area (Å²) in [5.41, 5.74) is 4.84. The number of carbonyl (C=O) groups is 2. The van der Waals surface area contributed by atoms with Gasteiger partial charge in [-0.25, -0.2) is 9.59 Å². The van der Waals surface area contributed by atoms with E-state index in [4.69, 9.17) is 9.68 Å². The third-order valence-electron chi connectivity index (χ3n) is 6.74. The van der Waals surface area contributed by atoms with Gasteiger partial charge in [-0.3, -0.25) is 10.1 Å². The molecule has 2 aromatic carbocycles. The lowest BCUT2D eigenvalue weighted by Crippen LogP contribution is -2.07. The lowest BCUT2D eigenvalue weighted by Gasteiger charge is -2.11. The second kappa shape index (κ2) is 13.8. The Hall–Kier alpha value is -4.08. The van der Waals surface area contributed by atoms with Gasteiger partial charge in [-0.15, -0.1) is 0 Å². The average Bonchev–Trinajstić information content (AvgIpc) is 3.29. The van der Waals surface area contributed by atoms with E-state index in [1.165, 1.54) is 6.07 Å². The molecule has 214 valence electrons. The molecule has 0 aliphatic carbocycles. The maximum absolute atomic E-state index is 12.4. The Balaban J connectivity index is 2.43. The van der Waals surface area contributed by atoms with Gasteiger partial charge in [-0.2, -0.15) is 0 Å². The van der Waals surface area contributed by atoms with Crippen LogP contribution in [0.5, 0.6) is 0 Å². The van der Waals surface area contributed by atoms with E-state index in [0.29, 0.717) is 60.1 Å². The van der Waals surface area contributed by atoms with E-state index >= 15 is 0 Å². The first kappa shape index (κ1) is 30.5. The monoisotopic (exact) mass is 550 g/mol. The Morgan fingerprint density at radius 3 is 1.73 bits per heavy atom. The highest BCUT2D eigenvalue weighted by molar-refractivity contribution is 6.17. The van der Waals surface area contributed by atoms with Gasteiger partial charge in [0.05, 0.1) is 21.9 Å². The van der Waals surface area contributed by atoms with Crippen LogP contribution >= 0.6 is 0 Å². The van der Waals surface area contributed by atoms with Gasteiger partial charge >= 0.3 is 11.9 Å². The number of nitrogens with zero attached hydrogens (tertiary/aromatic N) is 4. The smallest absolute Gasteiger partial charge is 0.334 e. The Morgan fingerprint density at radius 2 is 1.30 bits per heavy atom. The van der Waals surface area contributed by atoms with Gasteiger partial charge in [0, 0.05) is 47.4 Å². The SMILES string of the molecule is CCC/C(=N\OC(=O)CC)c1cc(CC)c2c(c1)c1cc(/C(CCC)=N/OC(=O)CC)cc([N+](=O)[O-])c1n2CC. The second-order valence-corrected chi connectivity index (χ2v) is 9.49. The van der Waals surface area contributed by atoms with Crippen molar-refractivity contribution in [3.63, 3.8) is 0 Å². The molecule has 0 atom stereocenters. The number of benzene rings is 2. The summed E-state index contributed by atoms with van der Waals surface area (Å²) >= 11 is 0. The second-order valence-electron chi connectivity index (χ2n) is 9.49. The number of hydrogen-bond acceptors (Lipinski definition) is 8. The van der Waals surface area contributed by atoms with Crippen molar-refractivity contribution in [2.75, 3.05) is 0 Å². The topological polar surface area (TPSA) is 125 Å². The van der Waals surface area contributed by atoms with Crippen molar-refractivity contribution in [3.8, 4) is 0 Å².